The minimum Gasteiger partial charge on any atom is -0.469 e. The Kier molecular flexibility index (Phi) is 7.51. The maximum absolute atomic E-state index is 13.3. The number of halogens is 1. The van der Waals surface area contributed by atoms with E-state index in [1.807, 2.05) is 29.2 Å². The van der Waals surface area contributed by atoms with Crippen molar-refractivity contribution < 1.29 is 14.3 Å². The Hall–Kier alpha value is -2.23. The van der Waals surface area contributed by atoms with Crippen LogP contribution in [0.2, 0.25) is 0 Å². The van der Waals surface area contributed by atoms with Gasteiger partial charge in [0.1, 0.15) is 5.82 Å². The lowest BCUT2D eigenvalue weighted by Crippen LogP contribution is -2.45. The van der Waals surface area contributed by atoms with E-state index >= 15 is 0 Å². The number of methoxy groups -OCH3 is 1. The predicted octanol–water partition coefficient (Wildman–Crippen LogP) is 4.19. The number of H-pyrrole nitrogens is 1. The van der Waals surface area contributed by atoms with Crippen LogP contribution in [0.25, 0.3) is 11.4 Å². The van der Waals surface area contributed by atoms with Crippen molar-refractivity contribution in [3.8, 4) is 11.4 Å². The molecule has 1 unspecified atom stereocenters. The zero-order chi connectivity index (χ0) is 23.5. The summed E-state index contributed by atoms with van der Waals surface area (Å²) in [4.78, 5) is 47.8. The first kappa shape index (κ1) is 23.9. The van der Waals surface area contributed by atoms with Gasteiger partial charge in [-0.25, -0.2) is 4.98 Å². The molecule has 1 aromatic carbocycles. The molecule has 2 heterocycles. The van der Waals surface area contributed by atoms with Crippen LogP contribution in [-0.4, -0.2) is 40.4 Å². The van der Waals surface area contributed by atoms with Crippen molar-refractivity contribution in [1.82, 2.24) is 14.9 Å². The highest BCUT2D eigenvalue weighted by molar-refractivity contribution is 14.1. The Labute approximate surface area is 207 Å². The van der Waals surface area contributed by atoms with Gasteiger partial charge in [0, 0.05) is 28.4 Å². The first-order valence-corrected chi connectivity index (χ1v) is 13.1. The molecule has 1 N–H and O–H groups in total. The van der Waals surface area contributed by atoms with Gasteiger partial charge in [0.2, 0.25) is 5.91 Å². The number of amides is 1. The molecule has 1 amide bonds. The number of hydrogen-bond acceptors (Lipinski definition) is 5. The van der Waals surface area contributed by atoms with Gasteiger partial charge in [0.25, 0.3) is 5.56 Å². The number of aromatic nitrogens is 2. The van der Waals surface area contributed by atoms with Gasteiger partial charge in [0.05, 0.1) is 30.8 Å². The smallest absolute Gasteiger partial charge is 0.308 e. The SMILES string of the molecule is CCC1CN(C(=O)C2CCC(C(=O)OC)CC2)Cc2c1nc(-c1ccc(CI)cc1)[nH]c2=O. The van der Waals surface area contributed by atoms with E-state index in [4.69, 9.17) is 9.72 Å². The molecule has 1 atom stereocenters. The number of alkyl halides is 1. The van der Waals surface area contributed by atoms with E-state index in [1.165, 1.54) is 12.7 Å². The number of ether oxygens (including phenoxy) is 1. The second-order valence-corrected chi connectivity index (χ2v) is 9.77. The summed E-state index contributed by atoms with van der Waals surface area (Å²) in [5.41, 5.74) is 3.35. The van der Waals surface area contributed by atoms with Gasteiger partial charge in [-0.2, -0.15) is 0 Å². The Balaban J connectivity index is 1.54. The van der Waals surface area contributed by atoms with Crippen LogP contribution in [0.15, 0.2) is 29.1 Å². The fourth-order valence-corrected chi connectivity index (χ4v) is 5.50. The minimum atomic E-state index is -0.184. The highest BCUT2D eigenvalue weighted by atomic mass is 127. The topological polar surface area (TPSA) is 92.4 Å². The molecule has 0 saturated heterocycles. The van der Waals surface area contributed by atoms with E-state index in [9.17, 15) is 14.4 Å². The van der Waals surface area contributed by atoms with Crippen molar-refractivity contribution in [3.05, 3.63) is 51.4 Å². The molecule has 1 fully saturated rings. The number of nitrogens with one attached hydrogen (secondary N) is 1. The van der Waals surface area contributed by atoms with Gasteiger partial charge < -0.3 is 14.6 Å². The summed E-state index contributed by atoms with van der Waals surface area (Å²) in [5.74, 6) is 0.294. The summed E-state index contributed by atoms with van der Waals surface area (Å²) in [7, 11) is 1.41. The Morgan fingerprint density at radius 3 is 2.42 bits per heavy atom. The largest absolute Gasteiger partial charge is 0.469 e. The van der Waals surface area contributed by atoms with E-state index in [1.54, 1.807) is 0 Å². The van der Waals surface area contributed by atoms with Crippen molar-refractivity contribution in [2.45, 2.75) is 55.9 Å². The van der Waals surface area contributed by atoms with Crippen molar-refractivity contribution >= 4 is 34.5 Å². The molecule has 1 saturated carbocycles. The number of fused-ring (bicyclic) bond motifs is 1. The Morgan fingerprint density at radius 2 is 1.82 bits per heavy atom. The Morgan fingerprint density at radius 1 is 1.15 bits per heavy atom. The van der Waals surface area contributed by atoms with E-state index in [0.717, 1.165) is 22.1 Å². The number of hydrogen-bond donors (Lipinski definition) is 1. The highest BCUT2D eigenvalue weighted by Gasteiger charge is 2.36. The number of carbonyl (C=O) groups is 2. The zero-order valence-electron chi connectivity index (χ0n) is 19.1. The van der Waals surface area contributed by atoms with Crippen LogP contribution in [0.1, 0.15) is 61.8 Å². The number of esters is 1. The van der Waals surface area contributed by atoms with Crippen LogP contribution < -0.4 is 5.56 Å². The third-order valence-corrected chi connectivity index (χ3v) is 7.90. The average molecular weight is 563 g/mol. The van der Waals surface area contributed by atoms with Crippen LogP contribution in [0.4, 0.5) is 0 Å². The molecular formula is C25H30IN3O4. The number of nitrogens with zero attached hydrogens (tertiary/aromatic N) is 2. The molecule has 176 valence electrons. The maximum atomic E-state index is 13.3. The second kappa shape index (κ2) is 10.4. The van der Waals surface area contributed by atoms with Crippen LogP contribution in [0.5, 0.6) is 0 Å². The summed E-state index contributed by atoms with van der Waals surface area (Å²) in [6, 6.07) is 8.08. The van der Waals surface area contributed by atoms with E-state index in [2.05, 4.69) is 34.5 Å². The van der Waals surface area contributed by atoms with Crippen molar-refractivity contribution in [2.75, 3.05) is 13.7 Å². The number of rotatable bonds is 5. The molecular weight excluding hydrogens is 533 g/mol. The van der Waals surface area contributed by atoms with Crippen molar-refractivity contribution in [3.63, 3.8) is 0 Å². The molecule has 1 aliphatic heterocycles. The summed E-state index contributed by atoms with van der Waals surface area (Å²) < 4.78 is 5.78. The third-order valence-electron chi connectivity index (χ3n) is 7.02. The van der Waals surface area contributed by atoms with Gasteiger partial charge >= 0.3 is 5.97 Å². The molecule has 4 rings (SSSR count). The molecule has 0 bridgehead atoms. The fraction of sp³-hybridized carbons (Fsp3) is 0.520. The molecule has 0 spiro atoms. The molecule has 0 radical (unpaired) electrons. The average Bonchev–Trinajstić information content (AvgIpc) is 2.87. The molecule has 1 aromatic heterocycles. The van der Waals surface area contributed by atoms with Crippen LogP contribution in [0, 0.1) is 11.8 Å². The number of carbonyl (C=O) groups excluding carboxylic acids is 2. The monoisotopic (exact) mass is 563 g/mol. The van der Waals surface area contributed by atoms with Crippen molar-refractivity contribution in [1.29, 1.82) is 0 Å². The molecule has 2 aromatic rings. The molecule has 8 heteroatoms. The lowest BCUT2D eigenvalue weighted by Gasteiger charge is -2.36. The Bertz CT molecular complexity index is 1070. The predicted molar refractivity (Wildman–Crippen MR) is 134 cm³/mol. The summed E-state index contributed by atoms with van der Waals surface area (Å²) in [5, 5.41) is 0. The molecule has 33 heavy (non-hydrogen) atoms. The fourth-order valence-electron chi connectivity index (χ4n) is 4.99. The number of benzene rings is 1. The first-order valence-electron chi connectivity index (χ1n) is 11.6. The first-order chi connectivity index (χ1) is 15.9. The summed E-state index contributed by atoms with van der Waals surface area (Å²) in [6.45, 7) is 2.93. The lowest BCUT2D eigenvalue weighted by molar-refractivity contribution is -0.149. The lowest BCUT2D eigenvalue weighted by atomic mass is 9.81. The highest BCUT2D eigenvalue weighted by Crippen LogP contribution is 2.34. The quantitative estimate of drug-likeness (QED) is 0.335. The van der Waals surface area contributed by atoms with Crippen LogP contribution in [-0.2, 0) is 25.3 Å². The van der Waals surface area contributed by atoms with Gasteiger partial charge in [0.15, 0.2) is 0 Å². The standard InChI is InChI=1S/C25H30IN3O4/c1-3-16-13-29(24(31)18-8-10-19(11-9-18)25(32)33-2)14-20-21(16)27-22(28-23(20)30)17-6-4-15(12-26)5-7-17/h4-7,16,18-19H,3,8-14H2,1-2H3,(H,27,28,30). The minimum absolute atomic E-state index is 0.0266. The van der Waals surface area contributed by atoms with Gasteiger partial charge in [-0.3, -0.25) is 14.4 Å². The molecule has 1 aliphatic carbocycles. The number of aromatic amines is 1. The second-order valence-electron chi connectivity index (χ2n) is 9.00. The maximum Gasteiger partial charge on any atom is 0.308 e. The van der Waals surface area contributed by atoms with Crippen molar-refractivity contribution in [2.24, 2.45) is 11.8 Å². The van der Waals surface area contributed by atoms with E-state index in [-0.39, 0.29) is 41.7 Å². The summed E-state index contributed by atoms with van der Waals surface area (Å²) in [6.07, 6.45) is 3.51. The van der Waals surface area contributed by atoms with E-state index in [0.29, 0.717) is 43.6 Å². The zero-order valence-corrected chi connectivity index (χ0v) is 21.3. The normalized spacial score (nSPS) is 22.5. The van der Waals surface area contributed by atoms with Gasteiger partial charge in [-0.05, 0) is 37.7 Å². The third kappa shape index (κ3) is 5.00. The summed E-state index contributed by atoms with van der Waals surface area (Å²) >= 11 is 2.32. The molecule has 7 nitrogen and oxygen atoms in total. The van der Waals surface area contributed by atoms with Crippen LogP contribution in [0.3, 0.4) is 0 Å². The van der Waals surface area contributed by atoms with Crippen LogP contribution >= 0.6 is 22.6 Å². The van der Waals surface area contributed by atoms with E-state index < -0.39 is 0 Å². The van der Waals surface area contributed by atoms with Gasteiger partial charge in [-0.15, -0.1) is 0 Å². The van der Waals surface area contributed by atoms with Gasteiger partial charge in [-0.1, -0.05) is 53.8 Å². The molecule has 2 aliphatic rings.